The summed E-state index contributed by atoms with van der Waals surface area (Å²) in [4.78, 5) is 0. The van der Waals surface area contributed by atoms with Crippen LogP contribution in [0.5, 0.6) is 0 Å². The summed E-state index contributed by atoms with van der Waals surface area (Å²) in [5.74, 6) is 1.60. The van der Waals surface area contributed by atoms with Crippen LogP contribution < -0.4 is 0 Å². The molecular formula is C18H22O2S. The number of rotatable bonds is 2. The molecule has 0 saturated heterocycles. The molecule has 1 aliphatic rings. The predicted octanol–water partition coefficient (Wildman–Crippen LogP) is 3.23. The molecule has 112 valence electrons. The first-order chi connectivity index (χ1) is 10.2. The molecule has 0 aliphatic carbocycles. The summed E-state index contributed by atoms with van der Waals surface area (Å²) in [6.07, 6.45) is 1.99. The molecule has 2 aromatic rings. The van der Waals surface area contributed by atoms with Crippen molar-refractivity contribution in [1.82, 2.24) is 0 Å². The summed E-state index contributed by atoms with van der Waals surface area (Å²) >= 11 is 0. The zero-order valence-electron chi connectivity index (χ0n) is 12.4. The molecule has 21 heavy (non-hydrogen) atoms. The van der Waals surface area contributed by atoms with Gasteiger partial charge in [0.05, 0.1) is 6.61 Å². The van der Waals surface area contributed by atoms with Crippen molar-refractivity contribution in [3.8, 4) is 0 Å². The molecule has 0 amide bonds. The maximum atomic E-state index is 11.1. The first-order valence-corrected chi connectivity index (χ1v) is 8.82. The normalized spacial score (nSPS) is 16.6. The van der Waals surface area contributed by atoms with E-state index in [-0.39, 0.29) is 6.61 Å². The Labute approximate surface area is 129 Å². The molecule has 1 N–H and O–H groups in total. The molecule has 2 aromatic carbocycles. The Kier molecular flexibility index (Phi) is 6.15. The number of hydrogen-bond donors (Lipinski definition) is 1. The highest BCUT2D eigenvalue weighted by atomic mass is 32.2. The van der Waals surface area contributed by atoms with Gasteiger partial charge in [-0.15, -0.1) is 0 Å². The van der Waals surface area contributed by atoms with Gasteiger partial charge in [-0.05, 0) is 35.1 Å². The zero-order valence-corrected chi connectivity index (χ0v) is 13.2. The molecule has 1 unspecified atom stereocenters. The first-order valence-electron chi connectivity index (χ1n) is 7.34. The minimum Gasteiger partial charge on any atom is -0.392 e. The molecule has 3 heteroatoms. The lowest BCUT2D eigenvalue weighted by molar-refractivity contribution is 0.280. The van der Waals surface area contributed by atoms with Crippen molar-refractivity contribution in [2.75, 3.05) is 5.75 Å². The monoisotopic (exact) mass is 302 g/mol. The number of aliphatic hydroxyl groups excluding tert-OH is 1. The van der Waals surface area contributed by atoms with E-state index in [9.17, 15) is 4.21 Å². The first kappa shape index (κ1) is 15.9. The maximum absolute atomic E-state index is 11.1. The Bertz CT molecular complexity index is 585. The van der Waals surface area contributed by atoms with E-state index in [1.165, 1.54) is 16.7 Å². The van der Waals surface area contributed by atoms with E-state index in [4.69, 9.17) is 5.11 Å². The van der Waals surface area contributed by atoms with Crippen LogP contribution in [0.15, 0.2) is 48.5 Å². The van der Waals surface area contributed by atoms with Gasteiger partial charge in [0.25, 0.3) is 0 Å². The SMILES string of the molecule is CCc1ccccc1CO.O=S1CCc2ccccc2C1. The van der Waals surface area contributed by atoms with E-state index >= 15 is 0 Å². The van der Waals surface area contributed by atoms with E-state index in [1.807, 2.05) is 36.4 Å². The van der Waals surface area contributed by atoms with Crippen LogP contribution in [0.2, 0.25) is 0 Å². The Balaban J connectivity index is 0.000000155. The average molecular weight is 302 g/mol. The second kappa shape index (κ2) is 8.11. The fourth-order valence-electron chi connectivity index (χ4n) is 2.47. The van der Waals surface area contributed by atoms with Gasteiger partial charge in [-0.2, -0.15) is 0 Å². The van der Waals surface area contributed by atoms with Crippen molar-refractivity contribution in [2.24, 2.45) is 0 Å². The molecule has 0 radical (unpaired) electrons. The van der Waals surface area contributed by atoms with Crippen LogP contribution in [0.25, 0.3) is 0 Å². The van der Waals surface area contributed by atoms with Gasteiger partial charge in [0, 0.05) is 22.3 Å². The van der Waals surface area contributed by atoms with E-state index in [2.05, 4.69) is 19.1 Å². The number of benzene rings is 2. The fraction of sp³-hybridized carbons (Fsp3) is 0.333. The van der Waals surface area contributed by atoms with Gasteiger partial charge >= 0.3 is 0 Å². The number of aliphatic hydroxyl groups is 1. The van der Waals surface area contributed by atoms with Gasteiger partial charge in [0.15, 0.2) is 0 Å². The molecule has 1 atom stereocenters. The Morgan fingerprint density at radius 1 is 1.00 bits per heavy atom. The lowest BCUT2D eigenvalue weighted by Gasteiger charge is -2.13. The molecule has 1 aliphatic heterocycles. The van der Waals surface area contributed by atoms with E-state index in [0.717, 1.165) is 29.9 Å². The van der Waals surface area contributed by atoms with Crippen molar-refractivity contribution in [3.05, 3.63) is 70.8 Å². The minimum absolute atomic E-state index is 0.157. The largest absolute Gasteiger partial charge is 0.392 e. The van der Waals surface area contributed by atoms with Crippen LogP contribution in [-0.2, 0) is 36.0 Å². The molecule has 2 nitrogen and oxygen atoms in total. The third-order valence-electron chi connectivity index (χ3n) is 3.70. The van der Waals surface area contributed by atoms with Gasteiger partial charge in [0.1, 0.15) is 0 Å². The van der Waals surface area contributed by atoms with Crippen molar-refractivity contribution < 1.29 is 9.32 Å². The lowest BCUT2D eigenvalue weighted by Crippen LogP contribution is -2.12. The van der Waals surface area contributed by atoms with Gasteiger partial charge < -0.3 is 5.11 Å². The molecule has 0 spiro atoms. The van der Waals surface area contributed by atoms with Crippen molar-refractivity contribution in [3.63, 3.8) is 0 Å². The molecule has 0 fully saturated rings. The van der Waals surface area contributed by atoms with Crippen LogP contribution in [0, 0.1) is 0 Å². The van der Waals surface area contributed by atoms with Crippen molar-refractivity contribution in [2.45, 2.75) is 32.1 Å². The summed E-state index contributed by atoms with van der Waals surface area (Å²) in [7, 11) is -0.602. The van der Waals surface area contributed by atoms with Crippen LogP contribution >= 0.6 is 0 Å². The lowest BCUT2D eigenvalue weighted by atomic mass is 10.1. The summed E-state index contributed by atoms with van der Waals surface area (Å²) in [6.45, 7) is 2.25. The molecular weight excluding hydrogens is 280 g/mol. The minimum atomic E-state index is -0.602. The molecule has 3 rings (SSSR count). The molecule has 1 heterocycles. The smallest absolute Gasteiger partial charge is 0.0684 e. The second-order valence-electron chi connectivity index (χ2n) is 5.09. The van der Waals surface area contributed by atoms with E-state index in [0.29, 0.717) is 0 Å². The van der Waals surface area contributed by atoms with Crippen LogP contribution in [0.3, 0.4) is 0 Å². The highest BCUT2D eigenvalue weighted by molar-refractivity contribution is 7.84. The van der Waals surface area contributed by atoms with Crippen molar-refractivity contribution in [1.29, 1.82) is 0 Å². The van der Waals surface area contributed by atoms with Gasteiger partial charge in [-0.25, -0.2) is 0 Å². The summed E-state index contributed by atoms with van der Waals surface area (Å²) in [5.41, 5.74) is 4.94. The number of hydrogen-bond acceptors (Lipinski definition) is 2. The second-order valence-corrected chi connectivity index (χ2v) is 6.66. The third-order valence-corrected chi connectivity index (χ3v) is 5.00. The van der Waals surface area contributed by atoms with Gasteiger partial charge in [-0.1, -0.05) is 55.5 Å². The Morgan fingerprint density at radius 2 is 1.62 bits per heavy atom. The quantitative estimate of drug-likeness (QED) is 0.925. The van der Waals surface area contributed by atoms with E-state index < -0.39 is 10.8 Å². The molecule has 0 bridgehead atoms. The maximum Gasteiger partial charge on any atom is 0.0684 e. The summed E-state index contributed by atoms with van der Waals surface area (Å²) in [6, 6.07) is 16.2. The van der Waals surface area contributed by atoms with Crippen LogP contribution in [-0.4, -0.2) is 15.1 Å². The van der Waals surface area contributed by atoms with Gasteiger partial charge in [0.2, 0.25) is 0 Å². The fourth-order valence-corrected chi connectivity index (χ4v) is 3.69. The summed E-state index contributed by atoms with van der Waals surface area (Å²) in [5, 5.41) is 8.85. The topological polar surface area (TPSA) is 37.3 Å². The highest BCUT2D eigenvalue weighted by Crippen LogP contribution is 2.17. The van der Waals surface area contributed by atoms with Gasteiger partial charge in [-0.3, -0.25) is 4.21 Å². The highest BCUT2D eigenvalue weighted by Gasteiger charge is 2.12. The Hall–Kier alpha value is -1.45. The van der Waals surface area contributed by atoms with E-state index in [1.54, 1.807) is 0 Å². The molecule has 0 saturated carbocycles. The molecule has 0 aromatic heterocycles. The number of aryl methyl sites for hydroxylation is 2. The predicted molar refractivity (Wildman–Crippen MR) is 88.6 cm³/mol. The Morgan fingerprint density at radius 3 is 2.24 bits per heavy atom. The zero-order chi connectivity index (χ0) is 15.1. The average Bonchev–Trinajstić information content (AvgIpc) is 2.55. The van der Waals surface area contributed by atoms with Crippen LogP contribution in [0.4, 0.5) is 0 Å². The van der Waals surface area contributed by atoms with Crippen LogP contribution in [0.1, 0.15) is 29.2 Å². The third kappa shape index (κ3) is 4.51. The van der Waals surface area contributed by atoms with Crippen molar-refractivity contribution >= 4 is 10.8 Å². The summed E-state index contributed by atoms with van der Waals surface area (Å²) < 4.78 is 11.1. The standard InChI is InChI=1S/C9H10OS.C9H12O/c10-11-6-5-8-3-1-2-4-9(8)7-11;1-2-8-5-3-4-6-9(8)7-10/h1-4H,5-7H2;3-6,10H,2,7H2,1H3. The number of fused-ring (bicyclic) bond motifs is 1.